The van der Waals surface area contributed by atoms with Gasteiger partial charge >= 0.3 is 5.69 Å². The van der Waals surface area contributed by atoms with Crippen LogP contribution in [-0.2, 0) is 0 Å². The molecule has 0 spiro atoms. The summed E-state index contributed by atoms with van der Waals surface area (Å²) in [5.41, 5.74) is -0.0543. The van der Waals surface area contributed by atoms with Gasteiger partial charge < -0.3 is 5.11 Å². The fourth-order valence-electron chi connectivity index (χ4n) is 4.44. The molecule has 8 heteroatoms. The molecule has 1 aliphatic heterocycles. The Labute approximate surface area is 168 Å². The van der Waals surface area contributed by atoms with E-state index in [-0.39, 0.29) is 23.5 Å². The highest BCUT2D eigenvalue weighted by Crippen LogP contribution is 2.31. The topological polar surface area (TPSA) is 104 Å². The van der Waals surface area contributed by atoms with Gasteiger partial charge in [-0.15, -0.1) is 0 Å². The average molecular weight is 397 g/mol. The van der Waals surface area contributed by atoms with Crippen molar-refractivity contribution >= 4 is 6.21 Å². The quantitative estimate of drug-likeness (QED) is 0.772. The Bertz CT molecular complexity index is 976. The Kier molecular flexibility index (Phi) is 5.78. The summed E-state index contributed by atoms with van der Waals surface area (Å²) in [5, 5.41) is 17.2. The predicted octanol–water partition coefficient (Wildman–Crippen LogP) is 2.70. The molecule has 4 rings (SSSR count). The summed E-state index contributed by atoms with van der Waals surface area (Å²) in [7, 11) is 0. The van der Waals surface area contributed by atoms with E-state index in [2.05, 4.69) is 15.1 Å². The van der Waals surface area contributed by atoms with E-state index >= 15 is 0 Å². The Balaban J connectivity index is 1.65. The molecule has 29 heavy (non-hydrogen) atoms. The van der Waals surface area contributed by atoms with Crippen LogP contribution in [-0.4, -0.2) is 37.4 Å². The number of H-pyrrole nitrogens is 1. The first-order chi connectivity index (χ1) is 14.1. The van der Waals surface area contributed by atoms with E-state index in [4.69, 9.17) is 0 Å². The fraction of sp³-hybridized carbons (Fsp3) is 0.524. The first kappa shape index (κ1) is 19.4. The monoisotopic (exact) mass is 397 g/mol. The van der Waals surface area contributed by atoms with Crippen LogP contribution in [0.2, 0.25) is 0 Å². The van der Waals surface area contributed by atoms with Gasteiger partial charge in [0.2, 0.25) is 5.88 Å². The fourth-order valence-corrected chi connectivity index (χ4v) is 4.44. The highest BCUT2D eigenvalue weighted by Gasteiger charge is 2.25. The molecule has 1 aliphatic carbocycles. The molecule has 2 N–H and O–H groups in total. The van der Waals surface area contributed by atoms with Gasteiger partial charge in [-0.25, -0.2) is 4.79 Å². The summed E-state index contributed by atoms with van der Waals surface area (Å²) < 4.78 is 1.33. The summed E-state index contributed by atoms with van der Waals surface area (Å²) >= 11 is 0. The molecule has 0 radical (unpaired) electrons. The highest BCUT2D eigenvalue weighted by atomic mass is 16.3. The number of piperidine rings is 1. The molecule has 1 saturated carbocycles. The molecule has 0 bridgehead atoms. The minimum atomic E-state index is -0.613. The number of rotatable bonds is 4. The van der Waals surface area contributed by atoms with E-state index in [1.165, 1.54) is 10.8 Å². The molecular weight excluding hydrogens is 370 g/mol. The van der Waals surface area contributed by atoms with Gasteiger partial charge in [-0.3, -0.25) is 24.3 Å². The number of aromatic hydroxyl groups is 1. The molecule has 1 atom stereocenters. The minimum absolute atomic E-state index is 0.0330. The second kappa shape index (κ2) is 8.63. The van der Waals surface area contributed by atoms with Crippen molar-refractivity contribution in [1.82, 2.24) is 19.5 Å². The maximum Gasteiger partial charge on any atom is 0.331 e. The van der Waals surface area contributed by atoms with Gasteiger partial charge in [0, 0.05) is 25.0 Å². The second-order valence-corrected chi connectivity index (χ2v) is 7.86. The third-order valence-electron chi connectivity index (χ3n) is 5.97. The Hall–Kier alpha value is -2.90. The van der Waals surface area contributed by atoms with E-state index in [1.807, 2.05) is 23.3 Å². The zero-order chi connectivity index (χ0) is 20.2. The van der Waals surface area contributed by atoms with Gasteiger partial charge in [-0.1, -0.05) is 25.3 Å². The van der Waals surface area contributed by atoms with Crippen molar-refractivity contribution in [2.75, 3.05) is 6.54 Å². The van der Waals surface area contributed by atoms with Crippen molar-refractivity contribution in [1.29, 1.82) is 0 Å². The largest absolute Gasteiger partial charge is 0.494 e. The van der Waals surface area contributed by atoms with Crippen LogP contribution in [0.15, 0.2) is 39.2 Å². The summed E-state index contributed by atoms with van der Waals surface area (Å²) in [6.07, 6.45) is 12.8. The first-order valence-electron chi connectivity index (χ1n) is 10.4. The van der Waals surface area contributed by atoms with Crippen molar-refractivity contribution in [3.63, 3.8) is 0 Å². The van der Waals surface area contributed by atoms with Crippen LogP contribution in [0, 0.1) is 0 Å². The number of hydrogen-bond donors (Lipinski definition) is 2. The van der Waals surface area contributed by atoms with Crippen LogP contribution in [0.3, 0.4) is 0 Å². The zero-order valence-corrected chi connectivity index (χ0v) is 16.5. The molecule has 0 unspecified atom stereocenters. The molecule has 1 saturated heterocycles. The molecule has 2 aliphatic rings. The summed E-state index contributed by atoms with van der Waals surface area (Å²) in [6.45, 7) is 0.761. The van der Waals surface area contributed by atoms with Crippen molar-refractivity contribution in [3.05, 3.63) is 56.5 Å². The predicted molar refractivity (Wildman–Crippen MR) is 110 cm³/mol. The van der Waals surface area contributed by atoms with E-state index in [9.17, 15) is 14.7 Å². The molecule has 0 amide bonds. The highest BCUT2D eigenvalue weighted by molar-refractivity contribution is 5.81. The lowest BCUT2D eigenvalue weighted by Crippen LogP contribution is -2.35. The standard InChI is InChI=1S/C21H27N5O3/c27-19-17(20(28)26(21(29)24-19)16-8-2-1-3-9-16)14-23-25-12-5-4-10-18(25)15-7-6-11-22-13-15/h6-7,11,13-14,16,18,28H,1-5,8-10,12H2,(H,24,27,29)/t18-/m0/s1. The van der Waals surface area contributed by atoms with Crippen LogP contribution < -0.4 is 11.2 Å². The maximum atomic E-state index is 12.4. The van der Waals surface area contributed by atoms with Gasteiger partial charge in [0.15, 0.2) is 0 Å². The van der Waals surface area contributed by atoms with Gasteiger partial charge in [-0.2, -0.15) is 5.10 Å². The van der Waals surface area contributed by atoms with Crippen LogP contribution in [0.1, 0.15) is 74.6 Å². The van der Waals surface area contributed by atoms with Gasteiger partial charge in [0.1, 0.15) is 5.56 Å². The van der Waals surface area contributed by atoms with E-state index in [1.54, 1.807) is 6.20 Å². The summed E-state index contributed by atoms with van der Waals surface area (Å²) in [5.74, 6) is -0.288. The lowest BCUT2D eigenvalue weighted by atomic mass is 9.95. The molecule has 0 aromatic carbocycles. The smallest absolute Gasteiger partial charge is 0.331 e. The van der Waals surface area contributed by atoms with Crippen LogP contribution in [0.5, 0.6) is 5.88 Å². The lowest BCUT2D eigenvalue weighted by molar-refractivity contribution is 0.156. The van der Waals surface area contributed by atoms with Gasteiger partial charge in [0.05, 0.1) is 12.3 Å². The first-order valence-corrected chi connectivity index (χ1v) is 10.4. The van der Waals surface area contributed by atoms with Crippen molar-refractivity contribution in [2.24, 2.45) is 5.10 Å². The summed E-state index contributed by atoms with van der Waals surface area (Å²) in [6, 6.07) is 3.93. The number of nitrogens with one attached hydrogen (secondary N) is 1. The van der Waals surface area contributed by atoms with E-state index < -0.39 is 11.2 Å². The van der Waals surface area contributed by atoms with E-state index in [0.29, 0.717) is 0 Å². The van der Waals surface area contributed by atoms with Crippen molar-refractivity contribution in [3.8, 4) is 5.88 Å². The molecule has 2 fully saturated rings. The number of hydrazone groups is 1. The number of nitrogens with zero attached hydrogens (tertiary/aromatic N) is 4. The van der Waals surface area contributed by atoms with Crippen molar-refractivity contribution < 1.29 is 5.11 Å². The number of pyridine rings is 1. The Morgan fingerprint density at radius 3 is 2.69 bits per heavy atom. The van der Waals surface area contributed by atoms with Gasteiger partial charge in [-0.05, 0) is 43.7 Å². The third-order valence-corrected chi connectivity index (χ3v) is 5.97. The van der Waals surface area contributed by atoms with Crippen LogP contribution in [0.25, 0.3) is 0 Å². The SMILES string of the molecule is O=c1[nH]c(=O)n(C2CCCCC2)c(O)c1C=NN1CCCC[C@H]1c1cccnc1. The Morgan fingerprint density at radius 1 is 1.14 bits per heavy atom. The van der Waals surface area contributed by atoms with E-state index in [0.717, 1.165) is 63.5 Å². The van der Waals surface area contributed by atoms with Gasteiger partial charge in [0.25, 0.3) is 5.56 Å². The molecule has 2 aromatic rings. The molecular formula is C21H27N5O3. The number of aromatic amines is 1. The zero-order valence-electron chi connectivity index (χ0n) is 16.5. The number of aromatic nitrogens is 3. The Morgan fingerprint density at radius 2 is 1.93 bits per heavy atom. The lowest BCUT2D eigenvalue weighted by Gasteiger charge is -2.33. The van der Waals surface area contributed by atoms with Crippen molar-refractivity contribution in [2.45, 2.75) is 63.5 Å². The molecule has 2 aromatic heterocycles. The summed E-state index contributed by atoms with van der Waals surface area (Å²) in [4.78, 5) is 31.3. The van der Waals surface area contributed by atoms with Crippen LogP contribution >= 0.6 is 0 Å². The third kappa shape index (κ3) is 4.11. The molecule has 8 nitrogen and oxygen atoms in total. The molecule has 154 valence electrons. The average Bonchev–Trinajstić information content (AvgIpc) is 2.75. The second-order valence-electron chi connectivity index (χ2n) is 7.86. The minimum Gasteiger partial charge on any atom is -0.494 e. The normalized spacial score (nSPS) is 21.0. The maximum absolute atomic E-state index is 12.4. The molecule has 3 heterocycles. The number of hydrogen-bond acceptors (Lipinski definition) is 6. The van der Waals surface area contributed by atoms with Crippen LogP contribution in [0.4, 0.5) is 0 Å².